The minimum atomic E-state index is 0.120. The third-order valence-electron chi connectivity index (χ3n) is 2.78. The summed E-state index contributed by atoms with van der Waals surface area (Å²) in [5.41, 5.74) is 2.02. The smallest absolute Gasteiger partial charge is 0.179 e. The summed E-state index contributed by atoms with van der Waals surface area (Å²) in [5.74, 6) is 0.120. The van der Waals surface area contributed by atoms with Crippen LogP contribution in [0.15, 0.2) is 51.6 Å². The summed E-state index contributed by atoms with van der Waals surface area (Å²) >= 11 is 6.37. The van der Waals surface area contributed by atoms with Gasteiger partial charge < -0.3 is 0 Å². The van der Waals surface area contributed by atoms with Crippen molar-refractivity contribution in [3.8, 4) is 11.3 Å². The fourth-order valence-corrected chi connectivity index (χ4v) is 3.95. The molecule has 1 aromatic carbocycles. The van der Waals surface area contributed by atoms with Crippen molar-refractivity contribution in [3.63, 3.8) is 0 Å². The predicted molar refractivity (Wildman–Crippen MR) is 87.6 cm³/mol. The first-order valence-electron chi connectivity index (χ1n) is 6.01. The molecule has 0 aliphatic heterocycles. The number of hydrogen-bond donors (Lipinski definition) is 0. The number of rotatable bonds is 4. The molecule has 2 heterocycles. The average molecular weight is 364 g/mol. The molecule has 3 rings (SSSR count). The molecule has 5 heteroatoms. The lowest BCUT2D eigenvalue weighted by Crippen LogP contribution is -2.00. The summed E-state index contributed by atoms with van der Waals surface area (Å²) in [6, 6.07) is 13.8. The molecule has 3 aromatic rings. The highest BCUT2D eigenvalue weighted by Crippen LogP contribution is 2.25. The summed E-state index contributed by atoms with van der Waals surface area (Å²) in [6.07, 6.45) is 0.366. The Morgan fingerprint density at radius 3 is 2.65 bits per heavy atom. The Labute approximate surface area is 133 Å². The van der Waals surface area contributed by atoms with E-state index in [4.69, 9.17) is 0 Å². The van der Waals surface area contributed by atoms with E-state index < -0.39 is 0 Å². The Morgan fingerprint density at radius 2 is 1.95 bits per heavy atom. The Kier molecular flexibility index (Phi) is 4.10. The molecule has 0 amide bonds. The van der Waals surface area contributed by atoms with Crippen molar-refractivity contribution in [2.75, 3.05) is 0 Å². The van der Waals surface area contributed by atoms with Gasteiger partial charge in [-0.1, -0.05) is 30.3 Å². The zero-order valence-corrected chi connectivity index (χ0v) is 13.6. The zero-order chi connectivity index (χ0) is 13.9. The van der Waals surface area contributed by atoms with Crippen molar-refractivity contribution in [3.05, 3.63) is 61.5 Å². The van der Waals surface area contributed by atoms with Crippen molar-refractivity contribution < 1.29 is 4.79 Å². The normalized spacial score (nSPS) is 10.7. The van der Waals surface area contributed by atoms with Crippen LogP contribution in [0.25, 0.3) is 11.3 Å². The van der Waals surface area contributed by atoms with E-state index in [1.165, 1.54) is 22.7 Å². The molecule has 0 radical (unpaired) electrons. The maximum atomic E-state index is 12.1. The molecule has 0 atom stereocenters. The summed E-state index contributed by atoms with van der Waals surface area (Å²) in [7, 11) is 0. The zero-order valence-electron chi connectivity index (χ0n) is 10.4. The van der Waals surface area contributed by atoms with Gasteiger partial charge in [0.15, 0.2) is 5.78 Å². The highest BCUT2D eigenvalue weighted by molar-refractivity contribution is 9.11. The van der Waals surface area contributed by atoms with Crippen LogP contribution in [0.1, 0.15) is 14.7 Å². The van der Waals surface area contributed by atoms with Gasteiger partial charge in [-0.2, -0.15) is 0 Å². The molecule has 0 N–H and O–H groups in total. The van der Waals surface area contributed by atoms with Crippen LogP contribution in [0.3, 0.4) is 0 Å². The van der Waals surface area contributed by atoms with Crippen LogP contribution in [0.4, 0.5) is 0 Å². The number of Topliss-reactive ketones (excluding diaryl/α,β-unsaturated/α-hetero) is 1. The first-order valence-corrected chi connectivity index (χ1v) is 8.49. The third-order valence-corrected chi connectivity index (χ3v) is 5.29. The molecule has 0 spiro atoms. The molecule has 0 unspecified atom stereocenters. The predicted octanol–water partition coefficient (Wildman–Crippen LogP) is 5.06. The Bertz CT molecular complexity index is 733. The van der Waals surface area contributed by atoms with Crippen molar-refractivity contribution in [2.24, 2.45) is 0 Å². The van der Waals surface area contributed by atoms with Crippen LogP contribution in [0.2, 0.25) is 0 Å². The summed E-state index contributed by atoms with van der Waals surface area (Å²) in [5, 5.41) is 2.86. The van der Waals surface area contributed by atoms with Gasteiger partial charge in [0.2, 0.25) is 0 Å². The van der Waals surface area contributed by atoms with E-state index >= 15 is 0 Å². The number of benzene rings is 1. The van der Waals surface area contributed by atoms with Crippen LogP contribution in [-0.2, 0) is 6.42 Å². The molecule has 0 aliphatic rings. The number of nitrogens with zero attached hydrogens (tertiary/aromatic N) is 1. The molecule has 0 saturated carbocycles. The van der Waals surface area contributed by atoms with Crippen LogP contribution >= 0.6 is 38.6 Å². The van der Waals surface area contributed by atoms with Gasteiger partial charge in [0.05, 0.1) is 20.8 Å². The molecule has 0 bridgehead atoms. The van der Waals surface area contributed by atoms with Crippen molar-refractivity contribution >= 4 is 44.4 Å². The number of halogens is 1. The molecule has 0 aliphatic carbocycles. The summed E-state index contributed by atoms with van der Waals surface area (Å²) in [4.78, 5) is 17.4. The summed E-state index contributed by atoms with van der Waals surface area (Å²) in [6.45, 7) is 0. The van der Waals surface area contributed by atoms with Crippen molar-refractivity contribution in [2.45, 2.75) is 6.42 Å². The minimum Gasteiger partial charge on any atom is -0.293 e. The number of carbonyl (C=O) groups excluding carboxylic acids is 1. The van der Waals surface area contributed by atoms with E-state index in [-0.39, 0.29) is 5.78 Å². The molecule has 0 saturated heterocycles. The minimum absolute atomic E-state index is 0.120. The van der Waals surface area contributed by atoms with Crippen LogP contribution in [-0.4, -0.2) is 10.8 Å². The second kappa shape index (κ2) is 5.99. The largest absolute Gasteiger partial charge is 0.293 e. The van der Waals surface area contributed by atoms with E-state index in [9.17, 15) is 4.79 Å². The lowest BCUT2D eigenvalue weighted by molar-refractivity contribution is 0.0997. The standard InChI is InChI=1S/C15H10BrNOS2/c16-14-7-6-13(20-14)12(18)8-15-17-11(9-19-15)10-4-2-1-3-5-10/h1-7,9H,8H2. The van der Waals surface area contributed by atoms with E-state index in [1.807, 2.05) is 47.8 Å². The molecular formula is C15H10BrNOS2. The summed E-state index contributed by atoms with van der Waals surface area (Å²) < 4.78 is 0.977. The maximum absolute atomic E-state index is 12.1. The second-order valence-corrected chi connectivity index (χ2v) is 7.60. The highest BCUT2D eigenvalue weighted by atomic mass is 79.9. The number of ketones is 1. The average Bonchev–Trinajstić information content (AvgIpc) is 3.09. The molecule has 2 aromatic heterocycles. The molecule has 0 fully saturated rings. The van der Waals surface area contributed by atoms with Gasteiger partial charge in [-0.25, -0.2) is 4.98 Å². The Hall–Kier alpha value is -1.30. The van der Waals surface area contributed by atoms with E-state index in [1.54, 1.807) is 0 Å². The lowest BCUT2D eigenvalue weighted by Gasteiger charge is -1.95. The van der Waals surface area contributed by atoms with Gasteiger partial charge >= 0.3 is 0 Å². The highest BCUT2D eigenvalue weighted by Gasteiger charge is 2.12. The Morgan fingerprint density at radius 1 is 1.15 bits per heavy atom. The first kappa shape index (κ1) is 13.7. The number of carbonyl (C=O) groups is 1. The van der Waals surface area contributed by atoms with E-state index in [2.05, 4.69) is 20.9 Å². The monoisotopic (exact) mass is 363 g/mol. The van der Waals surface area contributed by atoms with Gasteiger partial charge in [-0.15, -0.1) is 22.7 Å². The first-order chi connectivity index (χ1) is 9.72. The van der Waals surface area contributed by atoms with Crippen LogP contribution < -0.4 is 0 Å². The van der Waals surface area contributed by atoms with Crippen LogP contribution in [0.5, 0.6) is 0 Å². The van der Waals surface area contributed by atoms with Crippen molar-refractivity contribution in [1.29, 1.82) is 0 Å². The molecule has 2 nitrogen and oxygen atoms in total. The topological polar surface area (TPSA) is 30.0 Å². The fraction of sp³-hybridized carbons (Fsp3) is 0.0667. The maximum Gasteiger partial charge on any atom is 0.179 e. The van der Waals surface area contributed by atoms with Crippen molar-refractivity contribution in [1.82, 2.24) is 4.98 Å². The number of hydrogen-bond acceptors (Lipinski definition) is 4. The van der Waals surface area contributed by atoms with Crippen LogP contribution in [0, 0.1) is 0 Å². The van der Waals surface area contributed by atoms with Gasteiger partial charge in [-0.05, 0) is 28.1 Å². The SMILES string of the molecule is O=C(Cc1nc(-c2ccccc2)cs1)c1ccc(Br)s1. The number of thiophene rings is 1. The molecule has 100 valence electrons. The van der Waals surface area contributed by atoms with E-state index in [0.29, 0.717) is 6.42 Å². The Balaban J connectivity index is 1.76. The second-order valence-electron chi connectivity index (χ2n) is 4.20. The van der Waals surface area contributed by atoms with Gasteiger partial charge in [-0.3, -0.25) is 4.79 Å². The van der Waals surface area contributed by atoms with Gasteiger partial charge in [0.25, 0.3) is 0 Å². The number of aromatic nitrogens is 1. The lowest BCUT2D eigenvalue weighted by atomic mass is 10.2. The van der Waals surface area contributed by atoms with Gasteiger partial charge in [0.1, 0.15) is 5.01 Å². The number of thiazole rings is 1. The van der Waals surface area contributed by atoms with Gasteiger partial charge in [0, 0.05) is 10.9 Å². The quantitative estimate of drug-likeness (QED) is 0.606. The molecule has 20 heavy (non-hydrogen) atoms. The molecular weight excluding hydrogens is 354 g/mol. The van der Waals surface area contributed by atoms with E-state index in [0.717, 1.165) is 24.9 Å². The fourth-order valence-electron chi connectivity index (χ4n) is 1.82. The third kappa shape index (κ3) is 3.06.